The standard InChI is InChI=1S/C24H25BrN2O3S2/c1-19-7-5-6-8-20(19)18-31-16-15-26-24(28)17-27(22-13-11-21(25)12-14-22)32(29,30)23-9-3-2-4-10-23/h2-14H,15-18H2,1H3,(H,26,28). The summed E-state index contributed by atoms with van der Waals surface area (Å²) in [5.41, 5.74) is 2.96. The average Bonchev–Trinajstić information content (AvgIpc) is 2.79. The molecular weight excluding hydrogens is 508 g/mol. The Morgan fingerprint density at radius 2 is 1.62 bits per heavy atom. The second-order valence-corrected chi connectivity index (χ2v) is 11.0. The van der Waals surface area contributed by atoms with Crippen LogP contribution in [0.3, 0.4) is 0 Å². The van der Waals surface area contributed by atoms with E-state index in [1.54, 1.807) is 54.2 Å². The van der Waals surface area contributed by atoms with Crippen LogP contribution in [0, 0.1) is 6.92 Å². The number of hydrogen-bond donors (Lipinski definition) is 1. The molecule has 0 spiro atoms. The quantitative estimate of drug-likeness (QED) is 0.373. The molecule has 0 unspecified atom stereocenters. The summed E-state index contributed by atoms with van der Waals surface area (Å²) in [7, 11) is -3.89. The van der Waals surface area contributed by atoms with E-state index in [4.69, 9.17) is 0 Å². The fraction of sp³-hybridized carbons (Fsp3) is 0.208. The largest absolute Gasteiger partial charge is 0.354 e. The molecule has 5 nitrogen and oxygen atoms in total. The maximum atomic E-state index is 13.2. The van der Waals surface area contributed by atoms with E-state index in [2.05, 4.69) is 40.3 Å². The number of sulfonamides is 1. The Labute approximate surface area is 202 Å². The summed E-state index contributed by atoms with van der Waals surface area (Å²) in [5.74, 6) is 1.27. The molecule has 3 aromatic rings. The van der Waals surface area contributed by atoms with E-state index >= 15 is 0 Å². The van der Waals surface area contributed by atoms with Crippen molar-refractivity contribution in [3.63, 3.8) is 0 Å². The first-order chi connectivity index (χ1) is 15.4. The summed E-state index contributed by atoms with van der Waals surface area (Å²) in [5, 5.41) is 2.84. The average molecular weight is 534 g/mol. The number of hydrogen-bond acceptors (Lipinski definition) is 4. The van der Waals surface area contributed by atoms with Crippen LogP contribution in [0.5, 0.6) is 0 Å². The number of rotatable bonds is 10. The third-order valence-corrected chi connectivity index (χ3v) is 8.15. The van der Waals surface area contributed by atoms with Crippen molar-refractivity contribution in [2.45, 2.75) is 17.6 Å². The van der Waals surface area contributed by atoms with Gasteiger partial charge in [0.2, 0.25) is 5.91 Å². The summed E-state index contributed by atoms with van der Waals surface area (Å²) in [6.45, 7) is 2.26. The fourth-order valence-corrected chi connectivity index (χ4v) is 5.69. The first-order valence-corrected chi connectivity index (χ1v) is 13.5. The number of benzene rings is 3. The number of halogens is 1. The van der Waals surface area contributed by atoms with Crippen LogP contribution in [0.2, 0.25) is 0 Å². The molecule has 0 radical (unpaired) electrons. The van der Waals surface area contributed by atoms with E-state index in [0.717, 1.165) is 20.3 Å². The Bertz CT molecular complexity index is 1140. The van der Waals surface area contributed by atoms with Crippen molar-refractivity contribution in [2.75, 3.05) is 23.1 Å². The van der Waals surface area contributed by atoms with Crippen LogP contribution in [0.4, 0.5) is 5.69 Å². The topological polar surface area (TPSA) is 66.5 Å². The Balaban J connectivity index is 1.62. The third-order valence-electron chi connectivity index (χ3n) is 4.82. The van der Waals surface area contributed by atoms with Crippen molar-refractivity contribution in [3.05, 3.63) is 94.5 Å². The highest BCUT2D eigenvalue weighted by molar-refractivity contribution is 9.10. The molecule has 0 heterocycles. The molecule has 0 aliphatic carbocycles. The van der Waals surface area contributed by atoms with Gasteiger partial charge in [0.05, 0.1) is 10.6 Å². The molecule has 32 heavy (non-hydrogen) atoms. The van der Waals surface area contributed by atoms with Crippen LogP contribution >= 0.6 is 27.7 Å². The first kappa shape index (κ1) is 24.4. The molecule has 0 aliphatic rings. The summed E-state index contributed by atoms with van der Waals surface area (Å²) in [6.07, 6.45) is 0. The lowest BCUT2D eigenvalue weighted by molar-refractivity contribution is -0.119. The highest BCUT2D eigenvalue weighted by Gasteiger charge is 2.26. The minimum Gasteiger partial charge on any atom is -0.354 e. The Morgan fingerprint density at radius 3 is 2.31 bits per heavy atom. The Morgan fingerprint density at radius 1 is 0.969 bits per heavy atom. The van der Waals surface area contributed by atoms with Crippen molar-refractivity contribution in [2.24, 2.45) is 0 Å². The number of thioether (sulfide) groups is 1. The van der Waals surface area contributed by atoms with Gasteiger partial charge >= 0.3 is 0 Å². The van der Waals surface area contributed by atoms with E-state index in [9.17, 15) is 13.2 Å². The predicted molar refractivity (Wildman–Crippen MR) is 135 cm³/mol. The number of aryl methyl sites for hydroxylation is 1. The minimum atomic E-state index is -3.89. The molecule has 168 valence electrons. The van der Waals surface area contributed by atoms with Crippen LogP contribution < -0.4 is 9.62 Å². The van der Waals surface area contributed by atoms with Gasteiger partial charge in [-0.2, -0.15) is 11.8 Å². The number of carbonyl (C=O) groups is 1. The molecule has 0 aliphatic heterocycles. The van der Waals surface area contributed by atoms with E-state index in [0.29, 0.717) is 12.2 Å². The lowest BCUT2D eigenvalue weighted by Gasteiger charge is -2.24. The highest BCUT2D eigenvalue weighted by Crippen LogP contribution is 2.25. The molecule has 0 fully saturated rings. The second kappa shape index (κ2) is 11.5. The molecule has 3 rings (SSSR count). The van der Waals surface area contributed by atoms with E-state index in [1.807, 2.05) is 12.1 Å². The Hall–Kier alpha value is -2.29. The number of carbonyl (C=O) groups excluding carboxylic acids is 1. The van der Waals surface area contributed by atoms with Gasteiger partial charge in [0, 0.05) is 22.5 Å². The normalized spacial score (nSPS) is 11.2. The van der Waals surface area contributed by atoms with Gasteiger partial charge in [-0.3, -0.25) is 9.10 Å². The minimum absolute atomic E-state index is 0.143. The van der Waals surface area contributed by atoms with Gasteiger partial charge in [-0.1, -0.05) is 58.4 Å². The van der Waals surface area contributed by atoms with Gasteiger partial charge in [-0.25, -0.2) is 8.42 Å². The van der Waals surface area contributed by atoms with Crippen LogP contribution in [-0.4, -0.2) is 33.2 Å². The van der Waals surface area contributed by atoms with Crippen molar-refractivity contribution in [1.82, 2.24) is 5.32 Å². The summed E-state index contributed by atoms with van der Waals surface area (Å²) < 4.78 is 28.5. The molecule has 1 amide bonds. The van der Waals surface area contributed by atoms with Gasteiger partial charge in [0.15, 0.2) is 0 Å². The lowest BCUT2D eigenvalue weighted by Crippen LogP contribution is -2.41. The SMILES string of the molecule is Cc1ccccc1CSCCNC(=O)CN(c1ccc(Br)cc1)S(=O)(=O)c1ccccc1. The van der Waals surface area contributed by atoms with E-state index in [1.165, 1.54) is 23.3 Å². The first-order valence-electron chi connectivity index (χ1n) is 10.1. The molecular formula is C24H25BrN2O3S2. The van der Waals surface area contributed by atoms with Crippen LogP contribution in [0.1, 0.15) is 11.1 Å². The second-order valence-electron chi connectivity index (χ2n) is 7.13. The van der Waals surface area contributed by atoms with Crippen LogP contribution in [0.25, 0.3) is 0 Å². The van der Waals surface area contributed by atoms with Crippen molar-refractivity contribution in [1.29, 1.82) is 0 Å². The maximum Gasteiger partial charge on any atom is 0.264 e. The molecule has 0 bridgehead atoms. The van der Waals surface area contributed by atoms with Gasteiger partial charge in [0.25, 0.3) is 10.0 Å². The van der Waals surface area contributed by atoms with Gasteiger partial charge in [-0.15, -0.1) is 0 Å². The molecule has 0 atom stereocenters. The van der Waals surface area contributed by atoms with Crippen LogP contribution in [-0.2, 0) is 20.6 Å². The molecule has 3 aromatic carbocycles. The Kier molecular flexibility index (Phi) is 8.78. The zero-order valence-electron chi connectivity index (χ0n) is 17.7. The smallest absolute Gasteiger partial charge is 0.264 e. The van der Waals surface area contributed by atoms with Crippen LogP contribution in [0.15, 0.2) is 88.2 Å². The van der Waals surface area contributed by atoms with Crippen molar-refractivity contribution < 1.29 is 13.2 Å². The van der Waals surface area contributed by atoms with E-state index in [-0.39, 0.29) is 17.3 Å². The molecule has 0 saturated carbocycles. The van der Waals surface area contributed by atoms with Gasteiger partial charge in [-0.05, 0) is 54.4 Å². The third kappa shape index (κ3) is 6.60. The van der Waals surface area contributed by atoms with Crippen molar-refractivity contribution in [3.8, 4) is 0 Å². The number of anilines is 1. The molecule has 0 aromatic heterocycles. The zero-order valence-corrected chi connectivity index (χ0v) is 20.9. The summed E-state index contributed by atoms with van der Waals surface area (Å²) in [4.78, 5) is 12.8. The van der Waals surface area contributed by atoms with Gasteiger partial charge in [0.1, 0.15) is 6.54 Å². The number of nitrogens with zero attached hydrogens (tertiary/aromatic N) is 1. The highest BCUT2D eigenvalue weighted by atomic mass is 79.9. The van der Waals surface area contributed by atoms with E-state index < -0.39 is 10.0 Å². The molecule has 1 N–H and O–H groups in total. The number of amides is 1. The number of nitrogens with one attached hydrogen (secondary N) is 1. The molecule has 8 heteroatoms. The monoisotopic (exact) mass is 532 g/mol. The fourth-order valence-electron chi connectivity index (χ4n) is 3.05. The maximum absolute atomic E-state index is 13.2. The predicted octanol–water partition coefficient (Wildman–Crippen LogP) is 5.00. The lowest BCUT2D eigenvalue weighted by atomic mass is 10.1. The van der Waals surface area contributed by atoms with Crippen molar-refractivity contribution >= 4 is 49.3 Å². The zero-order chi connectivity index (χ0) is 23.0. The molecule has 0 saturated heterocycles. The summed E-state index contributed by atoms with van der Waals surface area (Å²) in [6, 6.07) is 23.2. The summed E-state index contributed by atoms with van der Waals surface area (Å²) >= 11 is 5.09. The van der Waals surface area contributed by atoms with Gasteiger partial charge < -0.3 is 5.32 Å².